The third kappa shape index (κ3) is 2.74. The quantitative estimate of drug-likeness (QED) is 0.847. The monoisotopic (exact) mass is 292 g/mol. The molecule has 0 aromatic heterocycles. The second kappa shape index (κ2) is 4.81. The normalized spacial score (nSPS) is 27.5. The summed E-state index contributed by atoms with van der Waals surface area (Å²) >= 11 is 0. The first-order chi connectivity index (χ1) is 9.12. The first-order valence-electron chi connectivity index (χ1n) is 7.24. The van der Waals surface area contributed by atoms with Gasteiger partial charge in [-0.3, -0.25) is 0 Å². The van der Waals surface area contributed by atoms with E-state index in [1.807, 2.05) is 0 Å². The Hall–Kier alpha value is -0.940. The first kappa shape index (κ1) is 15.4. The molecule has 116 valence electrons. The Balaban J connectivity index is 1.97. The number of rotatable bonds is 3. The summed E-state index contributed by atoms with van der Waals surface area (Å²) in [6, 6.07) is -0.360. The van der Waals surface area contributed by atoms with Crippen LogP contribution in [-0.4, -0.2) is 35.7 Å². The molecule has 2 amide bonds. The molecule has 2 fully saturated rings. The number of likely N-dealkylation sites (tertiary alicyclic amines) is 1. The number of hydrogen-bond acceptors (Lipinski definition) is 1. The topological polar surface area (TPSA) is 32.3 Å². The molecule has 1 saturated carbocycles. The molecule has 0 aromatic rings. The molecule has 1 saturated heterocycles. The van der Waals surface area contributed by atoms with Gasteiger partial charge in [0.15, 0.2) is 0 Å². The number of urea groups is 1. The Morgan fingerprint density at radius 3 is 2.35 bits per heavy atom. The smallest absolute Gasteiger partial charge is 0.337 e. The van der Waals surface area contributed by atoms with Gasteiger partial charge in [0.1, 0.15) is 0 Å². The van der Waals surface area contributed by atoms with Crippen molar-refractivity contribution in [2.24, 2.45) is 11.3 Å². The van der Waals surface area contributed by atoms with Gasteiger partial charge in [-0.15, -0.1) is 0 Å². The van der Waals surface area contributed by atoms with Gasteiger partial charge in [0.2, 0.25) is 0 Å². The average molecular weight is 292 g/mol. The highest BCUT2D eigenvalue weighted by atomic mass is 19.4. The lowest BCUT2D eigenvalue weighted by atomic mass is 9.88. The lowest BCUT2D eigenvalue weighted by Gasteiger charge is -2.37. The third-order valence-electron chi connectivity index (χ3n) is 5.15. The van der Waals surface area contributed by atoms with Gasteiger partial charge in [-0.1, -0.05) is 6.92 Å². The van der Waals surface area contributed by atoms with Crippen LogP contribution in [0.4, 0.5) is 18.0 Å². The van der Waals surface area contributed by atoms with Gasteiger partial charge in [-0.25, -0.2) is 4.79 Å². The molecule has 1 aliphatic heterocycles. The lowest BCUT2D eigenvalue weighted by Crippen LogP contribution is -2.53. The molecule has 3 nitrogen and oxygen atoms in total. The number of alkyl halides is 3. The minimum Gasteiger partial charge on any atom is -0.337 e. The van der Waals surface area contributed by atoms with Crippen LogP contribution >= 0.6 is 0 Å². The summed E-state index contributed by atoms with van der Waals surface area (Å²) in [5.41, 5.74) is -0.978. The largest absolute Gasteiger partial charge is 0.394 e. The van der Waals surface area contributed by atoms with E-state index in [1.165, 1.54) is 18.7 Å². The Kier molecular flexibility index (Phi) is 3.71. The highest BCUT2D eigenvalue weighted by Gasteiger charge is 2.56. The van der Waals surface area contributed by atoms with E-state index in [9.17, 15) is 18.0 Å². The second-order valence-corrected chi connectivity index (χ2v) is 6.70. The van der Waals surface area contributed by atoms with Crippen LogP contribution in [0.5, 0.6) is 0 Å². The van der Waals surface area contributed by atoms with Crippen molar-refractivity contribution in [1.29, 1.82) is 0 Å². The third-order valence-corrected chi connectivity index (χ3v) is 5.15. The number of nitrogens with one attached hydrogen (secondary N) is 1. The standard InChI is InChI=1S/C14H23F3N2O/c1-4-13(6-7-13)9-18-11(20)19-8-5-10(12(19,2)3)14(15,16)17/h10H,4-9H2,1-3H3,(H,18,20). The van der Waals surface area contributed by atoms with Crippen molar-refractivity contribution < 1.29 is 18.0 Å². The predicted molar refractivity (Wildman–Crippen MR) is 70.3 cm³/mol. The van der Waals surface area contributed by atoms with Crippen molar-refractivity contribution in [3.63, 3.8) is 0 Å². The lowest BCUT2D eigenvalue weighted by molar-refractivity contribution is -0.189. The molecule has 0 radical (unpaired) electrons. The fraction of sp³-hybridized carbons (Fsp3) is 0.929. The highest BCUT2D eigenvalue weighted by molar-refractivity contribution is 5.75. The second-order valence-electron chi connectivity index (χ2n) is 6.70. The van der Waals surface area contributed by atoms with Gasteiger partial charge in [0.05, 0.1) is 11.5 Å². The summed E-state index contributed by atoms with van der Waals surface area (Å²) in [6.07, 6.45) is -1.07. The van der Waals surface area contributed by atoms with Crippen LogP contribution in [0.1, 0.15) is 46.5 Å². The summed E-state index contributed by atoms with van der Waals surface area (Å²) in [4.78, 5) is 13.5. The van der Waals surface area contributed by atoms with E-state index in [-0.39, 0.29) is 24.4 Å². The van der Waals surface area contributed by atoms with Crippen molar-refractivity contribution in [2.75, 3.05) is 13.1 Å². The highest BCUT2D eigenvalue weighted by Crippen LogP contribution is 2.48. The number of amides is 2. The van der Waals surface area contributed by atoms with E-state index in [0.717, 1.165) is 19.3 Å². The van der Waals surface area contributed by atoms with Gasteiger partial charge < -0.3 is 10.2 Å². The van der Waals surface area contributed by atoms with Gasteiger partial charge in [-0.05, 0) is 44.9 Å². The van der Waals surface area contributed by atoms with E-state index < -0.39 is 17.6 Å². The van der Waals surface area contributed by atoms with Crippen LogP contribution in [0.2, 0.25) is 0 Å². The molecule has 1 heterocycles. The molecule has 20 heavy (non-hydrogen) atoms. The molecule has 1 N–H and O–H groups in total. The minimum absolute atomic E-state index is 0.0111. The Morgan fingerprint density at radius 1 is 1.35 bits per heavy atom. The average Bonchev–Trinajstić information content (AvgIpc) is 3.03. The van der Waals surface area contributed by atoms with Crippen LogP contribution in [0.3, 0.4) is 0 Å². The fourth-order valence-electron chi connectivity index (χ4n) is 3.21. The van der Waals surface area contributed by atoms with Crippen molar-refractivity contribution in [3.05, 3.63) is 0 Å². The molecule has 1 unspecified atom stereocenters. The fourth-order valence-corrected chi connectivity index (χ4v) is 3.21. The van der Waals surface area contributed by atoms with Gasteiger partial charge >= 0.3 is 12.2 Å². The zero-order valence-electron chi connectivity index (χ0n) is 12.3. The van der Waals surface area contributed by atoms with Crippen LogP contribution in [0.25, 0.3) is 0 Å². The molecule has 2 rings (SSSR count). The van der Waals surface area contributed by atoms with Crippen LogP contribution in [0, 0.1) is 11.3 Å². The molecule has 2 aliphatic rings. The van der Waals surface area contributed by atoms with Crippen LogP contribution < -0.4 is 5.32 Å². The van der Waals surface area contributed by atoms with Gasteiger partial charge in [0, 0.05) is 13.1 Å². The van der Waals surface area contributed by atoms with Gasteiger partial charge in [-0.2, -0.15) is 13.2 Å². The number of hydrogen-bond donors (Lipinski definition) is 1. The molecule has 6 heteroatoms. The maximum atomic E-state index is 13.0. The summed E-state index contributed by atoms with van der Waals surface area (Å²) in [5.74, 6) is -1.44. The predicted octanol–water partition coefficient (Wildman–Crippen LogP) is 3.55. The minimum atomic E-state index is -4.25. The molecule has 0 spiro atoms. The van der Waals surface area contributed by atoms with E-state index >= 15 is 0 Å². The van der Waals surface area contributed by atoms with Crippen molar-refractivity contribution in [3.8, 4) is 0 Å². The SMILES string of the molecule is CCC1(CNC(=O)N2CCC(C(F)(F)F)C2(C)C)CC1. The summed E-state index contributed by atoms with van der Waals surface area (Å²) in [6.45, 7) is 5.83. The van der Waals surface area contributed by atoms with Crippen molar-refractivity contribution in [2.45, 2.75) is 58.2 Å². The summed E-state index contributed by atoms with van der Waals surface area (Å²) in [7, 11) is 0. The molecular formula is C14H23F3N2O. The molecule has 0 bridgehead atoms. The van der Waals surface area contributed by atoms with Crippen LogP contribution in [0.15, 0.2) is 0 Å². The maximum absolute atomic E-state index is 13.0. The maximum Gasteiger partial charge on any atom is 0.394 e. The van der Waals surface area contributed by atoms with E-state index in [4.69, 9.17) is 0 Å². The van der Waals surface area contributed by atoms with E-state index in [1.54, 1.807) is 0 Å². The zero-order chi connectivity index (χ0) is 15.2. The Morgan fingerprint density at radius 2 is 1.95 bits per heavy atom. The van der Waals surface area contributed by atoms with E-state index in [2.05, 4.69) is 12.2 Å². The Bertz CT molecular complexity index is 388. The summed E-state index contributed by atoms with van der Waals surface area (Å²) < 4.78 is 38.9. The number of nitrogens with zero attached hydrogens (tertiary/aromatic N) is 1. The van der Waals surface area contributed by atoms with E-state index in [0.29, 0.717) is 6.54 Å². The first-order valence-corrected chi connectivity index (χ1v) is 7.24. The molecule has 0 aromatic carbocycles. The van der Waals surface area contributed by atoms with Crippen LogP contribution in [-0.2, 0) is 0 Å². The van der Waals surface area contributed by atoms with Gasteiger partial charge in [0.25, 0.3) is 0 Å². The number of halogens is 3. The molecule has 1 atom stereocenters. The number of carbonyl (C=O) groups excluding carboxylic acids is 1. The Labute approximate surface area is 117 Å². The number of carbonyl (C=O) groups is 1. The van der Waals surface area contributed by atoms with Crippen molar-refractivity contribution in [1.82, 2.24) is 10.2 Å². The van der Waals surface area contributed by atoms with Crippen molar-refractivity contribution >= 4 is 6.03 Å². The summed E-state index contributed by atoms with van der Waals surface area (Å²) in [5, 5.41) is 2.83. The molecule has 1 aliphatic carbocycles. The zero-order valence-corrected chi connectivity index (χ0v) is 12.3. The molecular weight excluding hydrogens is 269 g/mol.